The molecule has 126 valence electrons. The van der Waals surface area contributed by atoms with Gasteiger partial charge in [-0.15, -0.1) is 0 Å². The Morgan fingerprint density at radius 1 is 1.43 bits per heavy atom. The largest absolute Gasteiger partial charge is 0.478 e. The van der Waals surface area contributed by atoms with Crippen molar-refractivity contribution < 1.29 is 24.2 Å². The van der Waals surface area contributed by atoms with Gasteiger partial charge >= 0.3 is 5.97 Å². The predicted molar refractivity (Wildman–Crippen MR) is 81.6 cm³/mol. The van der Waals surface area contributed by atoms with Crippen LogP contribution >= 0.6 is 0 Å². The molecule has 2 aliphatic rings. The molecule has 1 N–H and O–H groups in total. The van der Waals surface area contributed by atoms with Crippen molar-refractivity contribution in [3.05, 3.63) is 23.0 Å². The molecule has 0 bridgehead atoms. The van der Waals surface area contributed by atoms with Crippen LogP contribution in [0, 0.1) is 0 Å². The first kappa shape index (κ1) is 16.0. The Balaban J connectivity index is 1.95. The number of carbonyl (C=O) groups excluding carboxylic acids is 1. The SMILES string of the molecule is COC(C)[C@H]1CCCN1C(=O)c1cc(C(=O)O)c2n1CCOC2. The second-order valence-electron chi connectivity index (χ2n) is 6.05. The molecule has 1 aromatic rings. The third-order valence-electron chi connectivity index (χ3n) is 4.83. The van der Waals surface area contributed by atoms with Gasteiger partial charge in [-0.25, -0.2) is 4.79 Å². The predicted octanol–water partition coefficient (Wildman–Crippen LogP) is 1.36. The van der Waals surface area contributed by atoms with E-state index in [0.717, 1.165) is 12.8 Å². The summed E-state index contributed by atoms with van der Waals surface area (Å²) in [6.07, 6.45) is 1.80. The van der Waals surface area contributed by atoms with E-state index in [1.54, 1.807) is 11.7 Å². The molecule has 1 aromatic heterocycles. The first-order chi connectivity index (χ1) is 11.0. The quantitative estimate of drug-likeness (QED) is 0.905. The number of amides is 1. The summed E-state index contributed by atoms with van der Waals surface area (Å²) in [4.78, 5) is 26.3. The Bertz CT molecular complexity index is 624. The lowest BCUT2D eigenvalue weighted by atomic mass is 10.1. The van der Waals surface area contributed by atoms with Crippen molar-refractivity contribution in [3.8, 4) is 0 Å². The summed E-state index contributed by atoms with van der Waals surface area (Å²) in [7, 11) is 1.64. The summed E-state index contributed by atoms with van der Waals surface area (Å²) in [5, 5.41) is 9.37. The van der Waals surface area contributed by atoms with Gasteiger partial charge in [0.1, 0.15) is 5.69 Å². The lowest BCUT2D eigenvalue weighted by Crippen LogP contribution is -2.43. The van der Waals surface area contributed by atoms with Crippen LogP contribution in [0.5, 0.6) is 0 Å². The van der Waals surface area contributed by atoms with Crippen molar-refractivity contribution in [2.45, 2.75) is 45.1 Å². The molecular formula is C16H22N2O5. The van der Waals surface area contributed by atoms with Crippen molar-refractivity contribution in [2.75, 3.05) is 20.3 Å². The molecule has 1 saturated heterocycles. The molecular weight excluding hydrogens is 300 g/mol. The molecule has 0 saturated carbocycles. The van der Waals surface area contributed by atoms with E-state index in [-0.39, 0.29) is 30.2 Å². The van der Waals surface area contributed by atoms with Gasteiger partial charge in [0, 0.05) is 20.2 Å². The van der Waals surface area contributed by atoms with E-state index in [2.05, 4.69) is 0 Å². The monoisotopic (exact) mass is 322 g/mol. The number of hydrogen-bond acceptors (Lipinski definition) is 4. The highest BCUT2D eigenvalue weighted by atomic mass is 16.5. The first-order valence-electron chi connectivity index (χ1n) is 7.91. The Labute approximate surface area is 134 Å². The van der Waals surface area contributed by atoms with Gasteiger partial charge < -0.3 is 24.0 Å². The molecule has 0 aromatic carbocycles. The highest BCUT2D eigenvalue weighted by Gasteiger charge is 2.36. The molecule has 0 radical (unpaired) electrons. The van der Waals surface area contributed by atoms with Gasteiger partial charge in [-0.2, -0.15) is 0 Å². The van der Waals surface area contributed by atoms with Gasteiger partial charge in [0.2, 0.25) is 0 Å². The number of fused-ring (bicyclic) bond motifs is 1. The van der Waals surface area contributed by atoms with Crippen molar-refractivity contribution in [1.29, 1.82) is 0 Å². The zero-order valence-corrected chi connectivity index (χ0v) is 13.4. The molecule has 1 amide bonds. The Hall–Kier alpha value is -1.86. The lowest BCUT2D eigenvalue weighted by molar-refractivity contribution is 0.0340. The summed E-state index contributed by atoms with van der Waals surface area (Å²) in [6.45, 7) is 3.85. The van der Waals surface area contributed by atoms with Crippen LogP contribution in [0.1, 0.15) is 46.3 Å². The summed E-state index contributed by atoms with van der Waals surface area (Å²) in [5.41, 5.74) is 1.17. The van der Waals surface area contributed by atoms with Gasteiger partial charge in [0.05, 0.1) is 36.6 Å². The van der Waals surface area contributed by atoms with Gasteiger partial charge in [0.15, 0.2) is 0 Å². The molecule has 23 heavy (non-hydrogen) atoms. The van der Waals surface area contributed by atoms with Gasteiger partial charge in [-0.1, -0.05) is 0 Å². The minimum absolute atomic E-state index is 0.0340. The number of hydrogen-bond donors (Lipinski definition) is 1. The number of carbonyl (C=O) groups is 2. The maximum atomic E-state index is 13.0. The fourth-order valence-corrected chi connectivity index (χ4v) is 3.52. The number of aromatic carboxylic acids is 1. The third kappa shape index (κ3) is 2.74. The Morgan fingerprint density at radius 3 is 2.91 bits per heavy atom. The number of methoxy groups -OCH3 is 1. The Morgan fingerprint density at radius 2 is 2.22 bits per heavy atom. The van der Waals surface area contributed by atoms with Gasteiger partial charge in [-0.05, 0) is 25.8 Å². The summed E-state index contributed by atoms with van der Waals surface area (Å²) in [5.74, 6) is -1.14. The molecule has 2 atom stereocenters. The highest BCUT2D eigenvalue weighted by Crippen LogP contribution is 2.27. The molecule has 3 heterocycles. The second kappa shape index (κ2) is 6.33. The minimum atomic E-state index is -1.03. The fourth-order valence-electron chi connectivity index (χ4n) is 3.52. The van der Waals surface area contributed by atoms with Crippen LogP contribution in [-0.2, 0) is 22.6 Å². The van der Waals surface area contributed by atoms with E-state index >= 15 is 0 Å². The Kier molecular flexibility index (Phi) is 4.41. The van der Waals surface area contributed by atoms with Crippen molar-refractivity contribution in [2.24, 2.45) is 0 Å². The zero-order valence-electron chi connectivity index (χ0n) is 13.4. The van der Waals surface area contributed by atoms with Gasteiger partial charge in [-0.3, -0.25) is 4.79 Å². The van der Waals surface area contributed by atoms with Gasteiger partial charge in [0.25, 0.3) is 5.91 Å². The number of rotatable bonds is 4. The first-order valence-corrected chi connectivity index (χ1v) is 7.91. The maximum absolute atomic E-state index is 13.0. The number of carboxylic acid groups (broad SMARTS) is 1. The van der Waals surface area contributed by atoms with Crippen LogP contribution in [0.25, 0.3) is 0 Å². The molecule has 2 aliphatic heterocycles. The molecule has 1 fully saturated rings. The molecule has 0 aliphatic carbocycles. The standard InChI is InChI=1S/C16H22N2O5/c1-10(22-2)12-4-3-5-18(12)15(19)13-8-11(16(20)21)14-9-23-7-6-17(13)14/h8,10,12H,3-7,9H2,1-2H3,(H,20,21)/t10?,12-/m1/s1. The van der Waals surface area contributed by atoms with E-state index in [0.29, 0.717) is 31.1 Å². The molecule has 7 nitrogen and oxygen atoms in total. The number of nitrogens with zero attached hydrogens (tertiary/aromatic N) is 2. The molecule has 7 heteroatoms. The van der Waals surface area contributed by atoms with Crippen LogP contribution in [0.2, 0.25) is 0 Å². The fraction of sp³-hybridized carbons (Fsp3) is 0.625. The van der Waals surface area contributed by atoms with E-state index in [9.17, 15) is 14.7 Å². The van der Waals surface area contributed by atoms with Crippen LogP contribution in [0.4, 0.5) is 0 Å². The minimum Gasteiger partial charge on any atom is -0.478 e. The second-order valence-corrected chi connectivity index (χ2v) is 6.05. The zero-order chi connectivity index (χ0) is 16.6. The van der Waals surface area contributed by atoms with Crippen molar-refractivity contribution >= 4 is 11.9 Å². The summed E-state index contributed by atoms with van der Waals surface area (Å²) in [6, 6.07) is 1.52. The number of aromatic nitrogens is 1. The summed E-state index contributed by atoms with van der Waals surface area (Å²) < 4.78 is 12.5. The average Bonchev–Trinajstić information content (AvgIpc) is 3.18. The lowest BCUT2D eigenvalue weighted by Gasteiger charge is -2.29. The van der Waals surface area contributed by atoms with Crippen molar-refractivity contribution in [1.82, 2.24) is 9.47 Å². The van der Waals surface area contributed by atoms with Crippen molar-refractivity contribution in [3.63, 3.8) is 0 Å². The maximum Gasteiger partial charge on any atom is 0.337 e. The molecule has 0 spiro atoms. The van der Waals surface area contributed by atoms with Crippen LogP contribution in [0.3, 0.4) is 0 Å². The van der Waals surface area contributed by atoms with E-state index < -0.39 is 5.97 Å². The number of ether oxygens (including phenoxy) is 2. The number of carboxylic acids is 1. The third-order valence-corrected chi connectivity index (χ3v) is 4.83. The summed E-state index contributed by atoms with van der Waals surface area (Å²) >= 11 is 0. The average molecular weight is 322 g/mol. The van der Waals surface area contributed by atoms with E-state index in [1.165, 1.54) is 6.07 Å². The topological polar surface area (TPSA) is 81.0 Å². The van der Waals surface area contributed by atoms with E-state index in [4.69, 9.17) is 9.47 Å². The van der Waals surface area contributed by atoms with Crippen LogP contribution in [0.15, 0.2) is 6.07 Å². The molecule has 1 unspecified atom stereocenters. The number of likely N-dealkylation sites (tertiary alicyclic amines) is 1. The normalized spacial score (nSPS) is 22.0. The smallest absolute Gasteiger partial charge is 0.337 e. The highest BCUT2D eigenvalue weighted by molar-refractivity contribution is 5.98. The van der Waals surface area contributed by atoms with Crippen LogP contribution < -0.4 is 0 Å². The van der Waals surface area contributed by atoms with E-state index in [1.807, 2.05) is 11.8 Å². The molecule has 3 rings (SSSR count). The van der Waals surface area contributed by atoms with Crippen LogP contribution in [-0.4, -0.2) is 58.9 Å².